The zero-order valence-electron chi connectivity index (χ0n) is 14.2. The molecule has 2 unspecified atom stereocenters. The van der Waals surface area contributed by atoms with Crippen molar-refractivity contribution in [1.29, 1.82) is 0 Å². The van der Waals surface area contributed by atoms with E-state index in [1.54, 1.807) is 0 Å². The first-order valence-electron chi connectivity index (χ1n) is 8.75. The van der Waals surface area contributed by atoms with Crippen LogP contribution < -0.4 is 5.32 Å². The maximum atomic E-state index is 13.4. The lowest BCUT2D eigenvalue weighted by Gasteiger charge is -2.39. The fraction of sp³-hybridized carbons (Fsp3) is 0.400. The molecule has 0 aromatic heterocycles. The monoisotopic (exact) mass is 344 g/mol. The lowest BCUT2D eigenvalue weighted by atomic mass is 9.95. The zero-order chi connectivity index (χ0) is 17.4. The average Bonchev–Trinajstić information content (AvgIpc) is 3.36. The van der Waals surface area contributed by atoms with Crippen molar-refractivity contribution < 1.29 is 13.5 Å². The molecular formula is C20H22F2N2O. The van der Waals surface area contributed by atoms with Crippen molar-refractivity contribution in [3.63, 3.8) is 0 Å². The van der Waals surface area contributed by atoms with Crippen LogP contribution in [0.1, 0.15) is 24.1 Å². The van der Waals surface area contributed by atoms with E-state index in [1.807, 2.05) is 24.3 Å². The van der Waals surface area contributed by atoms with E-state index < -0.39 is 0 Å². The quantitative estimate of drug-likeness (QED) is 0.864. The summed E-state index contributed by atoms with van der Waals surface area (Å²) in [7, 11) is 0. The molecule has 0 amide bonds. The van der Waals surface area contributed by atoms with Crippen LogP contribution in [0.4, 0.5) is 8.78 Å². The van der Waals surface area contributed by atoms with Gasteiger partial charge < -0.3 is 10.1 Å². The Kier molecular flexibility index (Phi) is 4.54. The van der Waals surface area contributed by atoms with Crippen LogP contribution in [0.3, 0.4) is 0 Å². The van der Waals surface area contributed by atoms with Crippen LogP contribution in [0.2, 0.25) is 0 Å². The second kappa shape index (κ2) is 6.83. The standard InChI is InChI=1S/C20H22F2N2O/c1-13-20(25-13)18-12-24(11-10-23-18)19(14-2-6-16(21)7-3-14)15-4-8-17(22)9-5-15/h2-9,13,18-20,23H,10-12H2,1H3/t13?,18-,20?/m0/s1. The first-order chi connectivity index (χ1) is 12.1. The molecule has 0 spiro atoms. The molecule has 0 bridgehead atoms. The summed E-state index contributed by atoms with van der Waals surface area (Å²) in [6.07, 6.45) is 0.553. The van der Waals surface area contributed by atoms with Crippen LogP contribution in [0.5, 0.6) is 0 Å². The van der Waals surface area contributed by atoms with E-state index in [2.05, 4.69) is 17.1 Å². The van der Waals surface area contributed by atoms with Gasteiger partial charge in [0.2, 0.25) is 0 Å². The van der Waals surface area contributed by atoms with Gasteiger partial charge in [-0.25, -0.2) is 8.78 Å². The number of benzene rings is 2. The second-order valence-corrected chi connectivity index (χ2v) is 6.87. The molecule has 2 aliphatic rings. The van der Waals surface area contributed by atoms with Gasteiger partial charge in [0.05, 0.1) is 12.1 Å². The molecule has 132 valence electrons. The Hall–Kier alpha value is -1.82. The molecule has 4 rings (SSSR count). The minimum atomic E-state index is -0.250. The highest BCUT2D eigenvalue weighted by Gasteiger charge is 2.43. The molecule has 2 fully saturated rings. The van der Waals surface area contributed by atoms with Crippen molar-refractivity contribution in [1.82, 2.24) is 10.2 Å². The summed E-state index contributed by atoms with van der Waals surface area (Å²) in [5.41, 5.74) is 2.02. The van der Waals surface area contributed by atoms with Crippen LogP contribution in [-0.2, 0) is 4.74 Å². The molecule has 0 aliphatic carbocycles. The normalized spacial score (nSPS) is 26.8. The SMILES string of the molecule is CC1OC1[C@@H]1CN(C(c2ccc(F)cc2)c2ccc(F)cc2)CCN1. The predicted octanol–water partition coefficient (Wildman–Crippen LogP) is 3.12. The summed E-state index contributed by atoms with van der Waals surface area (Å²) in [6.45, 7) is 4.67. The van der Waals surface area contributed by atoms with Gasteiger partial charge in [0.1, 0.15) is 17.7 Å². The molecule has 0 radical (unpaired) electrons. The maximum absolute atomic E-state index is 13.4. The molecule has 2 aromatic rings. The molecular weight excluding hydrogens is 322 g/mol. The highest BCUT2D eigenvalue weighted by atomic mass is 19.1. The number of halogens is 2. The summed E-state index contributed by atoms with van der Waals surface area (Å²) < 4.78 is 32.4. The molecule has 3 nitrogen and oxygen atoms in total. The van der Waals surface area contributed by atoms with Gasteiger partial charge >= 0.3 is 0 Å². The van der Waals surface area contributed by atoms with Gasteiger partial charge in [-0.3, -0.25) is 4.90 Å². The zero-order valence-corrected chi connectivity index (χ0v) is 14.2. The van der Waals surface area contributed by atoms with Gasteiger partial charge in [-0.1, -0.05) is 24.3 Å². The number of nitrogens with zero attached hydrogens (tertiary/aromatic N) is 1. The summed E-state index contributed by atoms with van der Waals surface area (Å²) in [5, 5.41) is 3.53. The Labute approximate surface area is 146 Å². The minimum Gasteiger partial charge on any atom is -0.368 e. The van der Waals surface area contributed by atoms with E-state index in [4.69, 9.17) is 4.74 Å². The Morgan fingerprint density at radius 1 is 1.00 bits per heavy atom. The smallest absolute Gasteiger partial charge is 0.123 e. The maximum Gasteiger partial charge on any atom is 0.123 e. The topological polar surface area (TPSA) is 27.8 Å². The Balaban J connectivity index is 1.64. The summed E-state index contributed by atoms with van der Waals surface area (Å²) >= 11 is 0. The first kappa shape index (κ1) is 16.6. The van der Waals surface area contributed by atoms with Crippen molar-refractivity contribution in [2.45, 2.75) is 31.2 Å². The first-order valence-corrected chi connectivity index (χ1v) is 8.75. The van der Waals surface area contributed by atoms with E-state index in [9.17, 15) is 8.78 Å². The highest BCUT2D eigenvalue weighted by molar-refractivity contribution is 5.32. The number of rotatable bonds is 4. The third-order valence-corrected chi connectivity index (χ3v) is 5.13. The number of hydrogen-bond donors (Lipinski definition) is 1. The van der Waals surface area contributed by atoms with E-state index in [-0.39, 0.29) is 29.8 Å². The fourth-order valence-corrected chi connectivity index (χ4v) is 3.79. The van der Waals surface area contributed by atoms with Gasteiger partial charge in [0.25, 0.3) is 0 Å². The van der Waals surface area contributed by atoms with E-state index in [0.29, 0.717) is 6.10 Å². The van der Waals surface area contributed by atoms with Gasteiger partial charge in [-0.2, -0.15) is 0 Å². The summed E-state index contributed by atoms with van der Waals surface area (Å²) in [5.74, 6) is -0.500. The van der Waals surface area contributed by atoms with Crippen molar-refractivity contribution in [2.75, 3.05) is 19.6 Å². The third-order valence-electron chi connectivity index (χ3n) is 5.13. The summed E-state index contributed by atoms with van der Waals surface area (Å²) in [4.78, 5) is 2.37. The molecule has 0 saturated carbocycles. The molecule has 1 N–H and O–H groups in total. The van der Waals surface area contributed by atoms with Crippen molar-refractivity contribution >= 4 is 0 Å². The number of epoxide rings is 1. The second-order valence-electron chi connectivity index (χ2n) is 6.87. The number of ether oxygens (including phenoxy) is 1. The van der Waals surface area contributed by atoms with Crippen molar-refractivity contribution in [3.05, 3.63) is 71.3 Å². The lowest BCUT2D eigenvalue weighted by molar-refractivity contribution is 0.148. The molecule has 2 saturated heterocycles. The van der Waals surface area contributed by atoms with Gasteiger partial charge in [0.15, 0.2) is 0 Å². The molecule has 2 aliphatic heterocycles. The van der Waals surface area contributed by atoms with Crippen LogP contribution in [-0.4, -0.2) is 42.8 Å². The van der Waals surface area contributed by atoms with E-state index >= 15 is 0 Å². The minimum absolute atomic E-state index is 0.0279. The Bertz CT molecular complexity index is 674. The number of nitrogens with one attached hydrogen (secondary N) is 1. The van der Waals surface area contributed by atoms with Crippen molar-refractivity contribution in [3.8, 4) is 0 Å². The number of piperazine rings is 1. The molecule has 2 aromatic carbocycles. The van der Waals surface area contributed by atoms with E-state index in [0.717, 1.165) is 30.8 Å². The molecule has 3 atom stereocenters. The van der Waals surface area contributed by atoms with Gasteiger partial charge in [-0.05, 0) is 42.3 Å². The molecule has 2 heterocycles. The predicted molar refractivity (Wildman–Crippen MR) is 92.3 cm³/mol. The van der Waals surface area contributed by atoms with Gasteiger partial charge in [-0.15, -0.1) is 0 Å². The third kappa shape index (κ3) is 3.59. The van der Waals surface area contributed by atoms with Crippen LogP contribution in [0.25, 0.3) is 0 Å². The fourth-order valence-electron chi connectivity index (χ4n) is 3.79. The number of hydrogen-bond acceptors (Lipinski definition) is 3. The largest absolute Gasteiger partial charge is 0.368 e. The highest BCUT2D eigenvalue weighted by Crippen LogP contribution is 2.33. The lowest BCUT2D eigenvalue weighted by Crippen LogP contribution is -2.54. The van der Waals surface area contributed by atoms with Crippen LogP contribution in [0, 0.1) is 11.6 Å². The van der Waals surface area contributed by atoms with Crippen LogP contribution >= 0.6 is 0 Å². The molecule has 25 heavy (non-hydrogen) atoms. The average molecular weight is 344 g/mol. The Morgan fingerprint density at radius 3 is 2.00 bits per heavy atom. The van der Waals surface area contributed by atoms with Crippen molar-refractivity contribution in [2.24, 2.45) is 0 Å². The molecule has 5 heteroatoms. The Morgan fingerprint density at radius 2 is 1.52 bits per heavy atom. The van der Waals surface area contributed by atoms with Gasteiger partial charge in [0, 0.05) is 25.7 Å². The van der Waals surface area contributed by atoms with E-state index in [1.165, 1.54) is 24.3 Å². The van der Waals surface area contributed by atoms with Crippen LogP contribution in [0.15, 0.2) is 48.5 Å². The summed E-state index contributed by atoms with van der Waals surface area (Å²) in [6, 6.07) is 13.5.